The zero-order chi connectivity index (χ0) is 48.8. The molecule has 2 amide bonds. The fraction of sp³-hybridized carbons (Fsp3) is 0.844. The highest BCUT2D eigenvalue weighted by Crippen LogP contribution is 2.84. The SMILES string of the molecule is O=C(O)CCCCCCCCCCCCCCCCC(=O)C[C@@H](CCC(=O)NCCOCCOCC(=O)CCCOCCOCC(=O)NCCCC[C@@H](C(=O)O)C1SSC2(SS1)SS2)C(=O)O.[HH]. The largest absolute Gasteiger partial charge is 0.481 e. The molecule has 2 heterocycles. The van der Waals surface area contributed by atoms with Crippen molar-refractivity contribution in [3.63, 3.8) is 0 Å². The number of carbonyl (C=O) groups is 7. The quantitative estimate of drug-likeness (QED) is 0.0216. The molecule has 2 atom stereocenters. The van der Waals surface area contributed by atoms with Crippen LogP contribution in [0.25, 0.3) is 0 Å². The highest BCUT2D eigenvalue weighted by Gasteiger charge is 2.53. The third-order valence-corrected chi connectivity index (χ3v) is 24.7. The van der Waals surface area contributed by atoms with Gasteiger partial charge in [-0.25, -0.2) is 0 Å². The van der Waals surface area contributed by atoms with E-state index in [1.165, 1.54) is 44.9 Å². The monoisotopic (exact) mass is 1060 g/mol. The summed E-state index contributed by atoms with van der Waals surface area (Å²) in [6.45, 7) is 2.11. The standard InChI is InChI=1S/C45H76N2O14S6.H2/c48-36(18-13-11-9-7-5-3-1-2-4-6-8-10-12-14-21-41(52)53)32-35(42(54)55)22-23-39(50)47-25-27-59-29-30-60-33-37(49)19-17-26-58-28-31-61-34-40(51)46-24-16-15-20-38(43(56)57)44-62-64-45(65-63-44)66-67-45;/h35,38,44H,1-34H2,(H,46,51)(H,47,50)(H,52,53)(H,54,55)(H,56,57);1H/t35-,38+;/m1./s1. The normalized spacial score (nSPS) is 15.2. The number of carbonyl (C=O) groups excluding carboxylic acids is 4. The van der Waals surface area contributed by atoms with Gasteiger partial charge in [0.15, 0.2) is 8.53 Å². The molecule has 0 saturated carbocycles. The second-order valence-corrected chi connectivity index (χ2v) is 26.2. The molecule has 0 aromatic rings. The first-order valence-corrected chi connectivity index (χ1v) is 30.6. The lowest BCUT2D eigenvalue weighted by molar-refractivity contribution is -0.144. The number of carboxylic acids is 3. The van der Waals surface area contributed by atoms with Crippen LogP contribution < -0.4 is 10.6 Å². The first-order valence-electron chi connectivity index (χ1n) is 24.0. The number of hydrogen-bond acceptors (Lipinski definition) is 17. The Bertz CT molecular complexity index is 1430. The summed E-state index contributed by atoms with van der Waals surface area (Å²) >= 11 is 0. The van der Waals surface area contributed by atoms with Crippen molar-refractivity contribution in [2.24, 2.45) is 11.8 Å². The van der Waals surface area contributed by atoms with E-state index in [9.17, 15) is 43.8 Å². The van der Waals surface area contributed by atoms with Crippen LogP contribution in [0.2, 0.25) is 0 Å². The van der Waals surface area contributed by atoms with Crippen LogP contribution in [0.4, 0.5) is 0 Å². The molecule has 0 aliphatic carbocycles. The molecule has 0 bridgehead atoms. The number of amides is 2. The van der Waals surface area contributed by atoms with E-state index in [0.717, 1.165) is 44.9 Å². The average Bonchev–Trinajstić information content (AvgIpc) is 4.06. The second kappa shape index (κ2) is 40.2. The molecule has 67 heavy (non-hydrogen) atoms. The van der Waals surface area contributed by atoms with Crippen molar-refractivity contribution in [2.45, 2.75) is 161 Å². The molecule has 0 aromatic heterocycles. The van der Waals surface area contributed by atoms with Gasteiger partial charge in [0.05, 0.1) is 49.5 Å². The molecule has 2 fully saturated rings. The van der Waals surface area contributed by atoms with Crippen LogP contribution in [0.3, 0.4) is 0 Å². The third kappa shape index (κ3) is 34.6. The van der Waals surface area contributed by atoms with E-state index in [-0.39, 0.29) is 111 Å². The maximum atomic E-state index is 12.5. The molecule has 2 aliphatic rings. The van der Waals surface area contributed by atoms with Gasteiger partial charge in [0, 0.05) is 53.2 Å². The van der Waals surface area contributed by atoms with Gasteiger partial charge in [-0.15, -0.1) is 0 Å². The molecule has 2 rings (SSSR count). The zero-order valence-corrected chi connectivity index (χ0v) is 44.0. The van der Waals surface area contributed by atoms with Gasteiger partial charge < -0.3 is 44.9 Å². The predicted octanol–water partition coefficient (Wildman–Crippen LogP) is 9.63. The van der Waals surface area contributed by atoms with Crippen LogP contribution in [-0.2, 0) is 52.5 Å². The molecule has 1 spiro atoms. The van der Waals surface area contributed by atoms with E-state index in [4.69, 9.17) is 24.1 Å². The molecular weight excluding hydrogens is 985 g/mol. The Hall–Kier alpha value is -1.37. The summed E-state index contributed by atoms with van der Waals surface area (Å²) in [5.41, 5.74) is 0. The topological polar surface area (TPSA) is 241 Å². The second-order valence-electron chi connectivity index (χ2n) is 16.7. The molecule has 2 aliphatic heterocycles. The van der Waals surface area contributed by atoms with Crippen molar-refractivity contribution in [1.82, 2.24) is 10.6 Å². The number of hydrogen-bond donors (Lipinski definition) is 5. The van der Waals surface area contributed by atoms with Gasteiger partial charge in [-0.1, -0.05) is 127 Å². The van der Waals surface area contributed by atoms with Crippen LogP contribution in [-0.4, -0.2) is 130 Å². The molecule has 0 radical (unpaired) electrons. The highest BCUT2D eigenvalue weighted by atomic mass is 33.2. The highest BCUT2D eigenvalue weighted by molar-refractivity contribution is 9.14. The number of ether oxygens (including phenoxy) is 4. The summed E-state index contributed by atoms with van der Waals surface area (Å²) < 4.78 is 21.8. The van der Waals surface area contributed by atoms with Crippen molar-refractivity contribution in [2.75, 3.05) is 65.9 Å². The Labute approximate surface area is 422 Å². The Balaban J connectivity index is 0.0000231. The van der Waals surface area contributed by atoms with Gasteiger partial charge in [0.1, 0.15) is 19.0 Å². The lowest BCUT2D eigenvalue weighted by Crippen LogP contribution is -2.29. The fourth-order valence-corrected chi connectivity index (χ4v) is 20.7. The lowest BCUT2D eigenvalue weighted by atomic mass is 9.94. The van der Waals surface area contributed by atoms with Crippen molar-refractivity contribution < 1.29 is 69.3 Å². The number of Topliss-reactive ketones (excluding diaryl/α,β-unsaturated/α-hetero) is 2. The minimum atomic E-state index is -1.07. The van der Waals surface area contributed by atoms with Crippen LogP contribution in [0, 0.1) is 11.8 Å². The molecular formula is C45H78N2O14S6. The zero-order valence-electron chi connectivity index (χ0n) is 39.1. The van der Waals surface area contributed by atoms with Crippen LogP contribution in [0.15, 0.2) is 0 Å². The first kappa shape index (κ1) is 61.7. The molecule has 388 valence electrons. The van der Waals surface area contributed by atoms with E-state index < -0.39 is 29.7 Å². The van der Waals surface area contributed by atoms with E-state index in [0.29, 0.717) is 51.7 Å². The van der Waals surface area contributed by atoms with Gasteiger partial charge in [-0.2, -0.15) is 0 Å². The van der Waals surface area contributed by atoms with E-state index in [1.54, 1.807) is 43.2 Å². The Kier molecular flexibility index (Phi) is 37.1. The van der Waals surface area contributed by atoms with Gasteiger partial charge in [-0.3, -0.25) is 33.6 Å². The summed E-state index contributed by atoms with van der Waals surface area (Å²) in [4.78, 5) is 82.9. The summed E-state index contributed by atoms with van der Waals surface area (Å²) in [5, 5.41) is 33.5. The van der Waals surface area contributed by atoms with E-state index in [1.807, 2.05) is 21.6 Å². The number of rotatable bonds is 47. The number of aliphatic carboxylic acids is 3. The van der Waals surface area contributed by atoms with Crippen molar-refractivity contribution in [3.8, 4) is 0 Å². The summed E-state index contributed by atoms with van der Waals surface area (Å²) in [6.07, 6.45) is 18.7. The fourth-order valence-electron chi connectivity index (χ4n) is 6.91. The maximum Gasteiger partial charge on any atom is 0.308 e. The number of nitrogens with one attached hydrogen (secondary N) is 2. The molecule has 2 saturated heterocycles. The van der Waals surface area contributed by atoms with Gasteiger partial charge >= 0.3 is 17.9 Å². The van der Waals surface area contributed by atoms with Gasteiger partial charge in [0.2, 0.25) is 11.8 Å². The van der Waals surface area contributed by atoms with Crippen LogP contribution >= 0.6 is 64.8 Å². The van der Waals surface area contributed by atoms with Crippen LogP contribution in [0.5, 0.6) is 0 Å². The molecule has 5 N–H and O–H groups in total. The first-order chi connectivity index (χ1) is 32.4. The van der Waals surface area contributed by atoms with E-state index in [2.05, 4.69) is 10.6 Å². The predicted molar refractivity (Wildman–Crippen MR) is 274 cm³/mol. The Morgan fingerprint density at radius 2 is 1.00 bits per heavy atom. The summed E-state index contributed by atoms with van der Waals surface area (Å²) in [5.74, 6) is -4.56. The number of unbranched alkanes of at least 4 members (excludes halogenated alkanes) is 14. The number of carboxylic acid groups (broad SMARTS) is 3. The van der Waals surface area contributed by atoms with Crippen LogP contribution in [0.1, 0.15) is 156 Å². The minimum absolute atomic E-state index is 0. The maximum absolute atomic E-state index is 12.5. The van der Waals surface area contributed by atoms with Crippen molar-refractivity contribution in [1.29, 1.82) is 0 Å². The smallest absolute Gasteiger partial charge is 0.308 e. The molecule has 0 unspecified atom stereocenters. The minimum Gasteiger partial charge on any atom is -0.481 e. The molecule has 22 heteroatoms. The lowest BCUT2D eigenvalue weighted by Gasteiger charge is -2.27. The van der Waals surface area contributed by atoms with E-state index >= 15 is 0 Å². The summed E-state index contributed by atoms with van der Waals surface area (Å²) in [6, 6.07) is 0. The van der Waals surface area contributed by atoms with Crippen molar-refractivity contribution >= 4 is 106 Å². The van der Waals surface area contributed by atoms with Crippen molar-refractivity contribution in [3.05, 3.63) is 0 Å². The Morgan fingerprint density at radius 3 is 1.57 bits per heavy atom. The average molecular weight is 1060 g/mol. The Morgan fingerprint density at radius 1 is 0.478 bits per heavy atom. The summed E-state index contributed by atoms with van der Waals surface area (Å²) in [7, 11) is 10.5. The van der Waals surface area contributed by atoms with Gasteiger partial charge in [-0.05, 0) is 60.1 Å². The van der Waals surface area contributed by atoms with Gasteiger partial charge in [0.25, 0.3) is 0 Å². The number of ketones is 2. The molecule has 0 aromatic carbocycles. The molecule has 16 nitrogen and oxygen atoms in total. The third-order valence-electron chi connectivity index (χ3n) is 10.8.